The molecule has 0 amide bonds. The molecule has 0 radical (unpaired) electrons. The molecule has 1 atom stereocenters. The highest BCUT2D eigenvalue weighted by Crippen LogP contribution is 2.22. The van der Waals surface area contributed by atoms with Gasteiger partial charge in [-0.1, -0.05) is 37.3 Å². The lowest BCUT2D eigenvalue weighted by Crippen LogP contribution is -2.28. The quantitative estimate of drug-likeness (QED) is 0.823. The summed E-state index contributed by atoms with van der Waals surface area (Å²) in [6.07, 6.45) is 0. The molecule has 1 unspecified atom stereocenters. The van der Waals surface area contributed by atoms with Crippen molar-refractivity contribution in [3.05, 3.63) is 52.2 Å². The van der Waals surface area contributed by atoms with E-state index in [4.69, 9.17) is 0 Å². The van der Waals surface area contributed by atoms with Gasteiger partial charge in [-0.25, -0.2) is 13.1 Å². The molecule has 0 aliphatic rings. The molecule has 0 bridgehead atoms. The summed E-state index contributed by atoms with van der Waals surface area (Å²) >= 11 is 1.45. The van der Waals surface area contributed by atoms with E-state index in [1.807, 2.05) is 42.6 Å². The molecule has 0 aliphatic heterocycles. The van der Waals surface area contributed by atoms with E-state index >= 15 is 0 Å². The van der Waals surface area contributed by atoms with E-state index < -0.39 is 10.0 Å². The third kappa shape index (κ3) is 4.14. The van der Waals surface area contributed by atoms with Gasteiger partial charge in [0.2, 0.25) is 10.0 Å². The fraction of sp³-hybridized carbons (Fsp3) is 0.333. The molecule has 0 saturated carbocycles. The molecule has 1 heterocycles. The second-order valence-electron chi connectivity index (χ2n) is 4.90. The summed E-state index contributed by atoms with van der Waals surface area (Å²) in [6.45, 7) is 2.96. The Hall–Kier alpha value is -1.21. The van der Waals surface area contributed by atoms with Crippen LogP contribution in [0.2, 0.25) is 0 Å². The SMILES string of the molecule is CNCc1sccc1S(=O)(=O)NCC(C)c1ccccc1. The van der Waals surface area contributed by atoms with Crippen molar-refractivity contribution in [2.75, 3.05) is 13.6 Å². The lowest BCUT2D eigenvalue weighted by molar-refractivity contribution is 0.574. The van der Waals surface area contributed by atoms with Gasteiger partial charge in [0.1, 0.15) is 0 Å². The number of nitrogens with one attached hydrogen (secondary N) is 2. The van der Waals surface area contributed by atoms with Gasteiger partial charge in [-0.05, 0) is 30.0 Å². The van der Waals surface area contributed by atoms with Gasteiger partial charge in [-0.2, -0.15) is 0 Å². The smallest absolute Gasteiger partial charge is 0.241 e. The Kier molecular flexibility index (Phi) is 5.52. The first-order valence-electron chi connectivity index (χ1n) is 6.80. The maximum absolute atomic E-state index is 12.4. The first-order chi connectivity index (χ1) is 10.0. The van der Waals surface area contributed by atoms with Gasteiger partial charge in [-0.15, -0.1) is 11.3 Å². The Balaban J connectivity index is 2.06. The second kappa shape index (κ2) is 7.17. The molecule has 2 rings (SSSR count). The van der Waals surface area contributed by atoms with Crippen LogP contribution < -0.4 is 10.0 Å². The van der Waals surface area contributed by atoms with Crippen LogP contribution in [0.4, 0.5) is 0 Å². The van der Waals surface area contributed by atoms with E-state index in [-0.39, 0.29) is 5.92 Å². The average Bonchev–Trinajstić information content (AvgIpc) is 2.95. The van der Waals surface area contributed by atoms with Gasteiger partial charge in [0.05, 0.1) is 4.90 Å². The van der Waals surface area contributed by atoms with E-state index in [2.05, 4.69) is 10.0 Å². The highest BCUT2D eigenvalue weighted by Gasteiger charge is 2.20. The predicted octanol–water partition coefficient (Wildman–Crippen LogP) is 2.55. The van der Waals surface area contributed by atoms with Gasteiger partial charge in [-0.3, -0.25) is 0 Å². The lowest BCUT2D eigenvalue weighted by Gasteiger charge is -2.13. The number of hydrogen-bond acceptors (Lipinski definition) is 4. The molecular formula is C15H20N2O2S2. The molecule has 1 aromatic heterocycles. The number of benzene rings is 1. The van der Waals surface area contributed by atoms with Crippen LogP contribution in [0.1, 0.15) is 23.3 Å². The molecule has 2 aromatic rings. The normalized spacial score (nSPS) is 13.2. The summed E-state index contributed by atoms with van der Waals surface area (Å²) in [7, 11) is -1.65. The molecule has 1 aromatic carbocycles. The third-order valence-electron chi connectivity index (χ3n) is 3.28. The van der Waals surface area contributed by atoms with Crippen LogP contribution >= 0.6 is 11.3 Å². The van der Waals surface area contributed by atoms with Crippen molar-refractivity contribution in [2.45, 2.75) is 24.3 Å². The molecule has 114 valence electrons. The van der Waals surface area contributed by atoms with Crippen LogP contribution in [0.25, 0.3) is 0 Å². The summed E-state index contributed by atoms with van der Waals surface area (Å²) in [5, 5.41) is 4.80. The number of rotatable bonds is 7. The Bertz CT molecular complexity index is 666. The zero-order valence-corrected chi connectivity index (χ0v) is 13.8. The van der Waals surface area contributed by atoms with Crippen LogP contribution in [0.15, 0.2) is 46.7 Å². The summed E-state index contributed by atoms with van der Waals surface area (Å²) < 4.78 is 27.5. The topological polar surface area (TPSA) is 58.2 Å². The minimum absolute atomic E-state index is 0.132. The van der Waals surface area contributed by atoms with Crippen molar-refractivity contribution < 1.29 is 8.42 Å². The summed E-state index contributed by atoms with van der Waals surface area (Å²) in [4.78, 5) is 1.21. The molecule has 0 fully saturated rings. The second-order valence-corrected chi connectivity index (χ2v) is 7.64. The Morgan fingerprint density at radius 1 is 1.19 bits per heavy atom. The summed E-state index contributed by atoms with van der Waals surface area (Å²) in [6, 6.07) is 11.6. The number of hydrogen-bond donors (Lipinski definition) is 2. The van der Waals surface area contributed by atoms with Gasteiger partial charge < -0.3 is 5.32 Å². The zero-order chi connectivity index (χ0) is 15.3. The van der Waals surface area contributed by atoms with Crippen molar-refractivity contribution >= 4 is 21.4 Å². The highest BCUT2D eigenvalue weighted by atomic mass is 32.2. The Morgan fingerprint density at radius 2 is 1.90 bits per heavy atom. The van der Waals surface area contributed by atoms with Crippen molar-refractivity contribution in [3.8, 4) is 0 Å². The van der Waals surface area contributed by atoms with Crippen LogP contribution in [0.3, 0.4) is 0 Å². The van der Waals surface area contributed by atoms with E-state index in [0.717, 1.165) is 10.4 Å². The first kappa shape index (κ1) is 16.2. The van der Waals surface area contributed by atoms with E-state index in [0.29, 0.717) is 18.0 Å². The predicted molar refractivity (Wildman–Crippen MR) is 87.1 cm³/mol. The number of sulfonamides is 1. The van der Waals surface area contributed by atoms with E-state index in [1.165, 1.54) is 11.3 Å². The molecule has 21 heavy (non-hydrogen) atoms. The van der Waals surface area contributed by atoms with Crippen molar-refractivity contribution in [3.63, 3.8) is 0 Å². The van der Waals surface area contributed by atoms with Crippen LogP contribution in [0, 0.1) is 0 Å². The van der Waals surface area contributed by atoms with Crippen LogP contribution in [-0.2, 0) is 16.6 Å². The summed E-state index contributed by atoms with van der Waals surface area (Å²) in [5.41, 5.74) is 1.13. The minimum atomic E-state index is -3.45. The van der Waals surface area contributed by atoms with Gasteiger partial charge in [0.15, 0.2) is 0 Å². The Labute approximate surface area is 130 Å². The van der Waals surface area contributed by atoms with Gasteiger partial charge in [0.25, 0.3) is 0 Å². The molecule has 4 nitrogen and oxygen atoms in total. The first-order valence-corrected chi connectivity index (χ1v) is 9.16. The average molecular weight is 324 g/mol. The van der Waals surface area contributed by atoms with Crippen molar-refractivity contribution in [2.24, 2.45) is 0 Å². The zero-order valence-electron chi connectivity index (χ0n) is 12.2. The maximum Gasteiger partial charge on any atom is 0.241 e. The van der Waals surface area contributed by atoms with Crippen LogP contribution in [-0.4, -0.2) is 22.0 Å². The highest BCUT2D eigenvalue weighted by molar-refractivity contribution is 7.89. The molecule has 0 aliphatic carbocycles. The summed E-state index contributed by atoms with van der Waals surface area (Å²) in [5.74, 6) is 0.132. The fourth-order valence-electron chi connectivity index (χ4n) is 2.07. The standard InChI is InChI=1S/C15H20N2O2S2/c1-12(13-6-4-3-5-7-13)10-17-21(18,19)15-8-9-20-14(15)11-16-2/h3-9,12,16-17H,10-11H2,1-2H3. The van der Waals surface area contributed by atoms with E-state index in [1.54, 1.807) is 13.1 Å². The number of thiophene rings is 1. The minimum Gasteiger partial charge on any atom is -0.315 e. The van der Waals surface area contributed by atoms with E-state index in [9.17, 15) is 8.42 Å². The van der Waals surface area contributed by atoms with Gasteiger partial charge in [0, 0.05) is 18.0 Å². The van der Waals surface area contributed by atoms with Gasteiger partial charge >= 0.3 is 0 Å². The molecular weight excluding hydrogens is 304 g/mol. The van der Waals surface area contributed by atoms with Crippen molar-refractivity contribution in [1.82, 2.24) is 10.0 Å². The molecule has 0 spiro atoms. The lowest BCUT2D eigenvalue weighted by atomic mass is 10.0. The maximum atomic E-state index is 12.4. The van der Waals surface area contributed by atoms with Crippen molar-refractivity contribution in [1.29, 1.82) is 0 Å². The molecule has 0 saturated heterocycles. The molecule has 2 N–H and O–H groups in total. The molecule has 6 heteroatoms. The largest absolute Gasteiger partial charge is 0.315 e. The fourth-order valence-corrected chi connectivity index (χ4v) is 4.65. The van der Waals surface area contributed by atoms with Crippen LogP contribution in [0.5, 0.6) is 0 Å². The Morgan fingerprint density at radius 3 is 2.57 bits per heavy atom. The third-order valence-corrected chi connectivity index (χ3v) is 5.84. The monoisotopic (exact) mass is 324 g/mol.